The van der Waals surface area contributed by atoms with Gasteiger partial charge in [0, 0.05) is 18.3 Å². The topological polar surface area (TPSA) is 92.9 Å². The fraction of sp³-hybridized carbons (Fsp3) is 0.227. The van der Waals surface area contributed by atoms with Gasteiger partial charge in [0.2, 0.25) is 0 Å². The highest BCUT2D eigenvalue weighted by molar-refractivity contribution is 5.51. The molecule has 1 aromatic heterocycles. The normalized spacial score (nSPS) is 11.2. The first kappa shape index (κ1) is 21.5. The van der Waals surface area contributed by atoms with Crippen molar-refractivity contribution in [1.82, 2.24) is 4.98 Å². The second-order valence-corrected chi connectivity index (χ2v) is 7.12. The van der Waals surface area contributed by atoms with Crippen LogP contribution in [0.2, 0.25) is 0 Å². The zero-order valence-corrected chi connectivity index (χ0v) is 16.9. The van der Waals surface area contributed by atoms with E-state index in [1.807, 2.05) is 30.3 Å². The molecule has 3 rings (SSSR count). The Labute approximate surface area is 174 Å². The second-order valence-electron chi connectivity index (χ2n) is 7.12. The summed E-state index contributed by atoms with van der Waals surface area (Å²) in [6.45, 7) is 3.51. The number of ether oxygens (including phenoxy) is 2. The van der Waals surface area contributed by atoms with Crippen molar-refractivity contribution in [2.45, 2.75) is 26.2 Å². The van der Waals surface area contributed by atoms with Crippen molar-refractivity contribution in [2.75, 3.05) is 17.1 Å². The molecule has 0 saturated heterocycles. The van der Waals surface area contributed by atoms with Gasteiger partial charge in [0.25, 0.3) is 0 Å². The van der Waals surface area contributed by atoms with Gasteiger partial charge in [0.05, 0.1) is 12.2 Å². The number of rotatable bonds is 9. The van der Waals surface area contributed by atoms with E-state index in [4.69, 9.17) is 15.3 Å². The molecule has 2 aromatic carbocycles. The lowest BCUT2D eigenvalue weighted by molar-refractivity contribution is -0.170. The monoisotopic (exact) mass is 412 g/mol. The molecule has 0 fully saturated rings. The summed E-state index contributed by atoms with van der Waals surface area (Å²) in [6.07, 6.45) is 1.55. The van der Waals surface area contributed by atoms with Crippen LogP contribution in [0, 0.1) is 5.82 Å². The third kappa shape index (κ3) is 6.41. The minimum atomic E-state index is -1.25. The lowest BCUT2D eigenvalue weighted by atomic mass is 10.2. The van der Waals surface area contributed by atoms with Gasteiger partial charge in [-0.1, -0.05) is 30.3 Å². The van der Waals surface area contributed by atoms with Crippen LogP contribution in [0.25, 0.3) is 0 Å². The fourth-order valence-electron chi connectivity index (χ4n) is 2.64. The van der Waals surface area contributed by atoms with E-state index in [-0.39, 0.29) is 12.4 Å². The van der Waals surface area contributed by atoms with Crippen molar-refractivity contribution in [1.29, 1.82) is 0 Å². The molecule has 4 N–H and O–H groups in total. The number of benzene rings is 2. The Balaban J connectivity index is 1.63. The summed E-state index contributed by atoms with van der Waals surface area (Å²) in [5, 5.41) is 13.8. The summed E-state index contributed by atoms with van der Waals surface area (Å²) in [4.78, 5) is 4.15. The molecule has 0 unspecified atom stereocenters. The first-order chi connectivity index (χ1) is 14.3. The predicted octanol–water partition coefficient (Wildman–Crippen LogP) is 4.01. The van der Waals surface area contributed by atoms with Gasteiger partial charge in [-0.25, -0.2) is 15.2 Å². The highest BCUT2D eigenvalue weighted by Crippen LogP contribution is 2.28. The van der Waals surface area contributed by atoms with Crippen molar-refractivity contribution < 1.29 is 19.0 Å². The van der Waals surface area contributed by atoms with Crippen molar-refractivity contribution in [3.8, 4) is 11.5 Å². The fourth-order valence-corrected chi connectivity index (χ4v) is 2.64. The highest BCUT2D eigenvalue weighted by Gasteiger charge is 2.13. The number of hydrazine groups is 1. The minimum absolute atomic E-state index is 0.0665. The molecular formula is C22H25FN4O3. The molecule has 0 spiro atoms. The Hall–Kier alpha value is -3.20. The van der Waals surface area contributed by atoms with E-state index < -0.39 is 11.6 Å². The van der Waals surface area contributed by atoms with Gasteiger partial charge < -0.3 is 24.9 Å². The average molecular weight is 412 g/mol. The van der Waals surface area contributed by atoms with E-state index in [2.05, 4.69) is 10.3 Å². The number of halogens is 1. The summed E-state index contributed by atoms with van der Waals surface area (Å²) in [6, 6.07) is 17.4. The Kier molecular flexibility index (Phi) is 6.83. The molecule has 0 saturated carbocycles. The van der Waals surface area contributed by atoms with Crippen LogP contribution in [0.3, 0.4) is 0 Å². The Morgan fingerprint density at radius 3 is 2.53 bits per heavy atom. The first-order valence-corrected chi connectivity index (χ1v) is 9.40. The zero-order valence-electron chi connectivity index (χ0n) is 16.9. The predicted molar refractivity (Wildman–Crippen MR) is 113 cm³/mol. The maximum Gasteiger partial charge on any atom is 0.162 e. The van der Waals surface area contributed by atoms with Gasteiger partial charge >= 0.3 is 0 Å². The molecule has 0 radical (unpaired) electrons. The molecule has 8 heteroatoms. The van der Waals surface area contributed by atoms with Gasteiger partial charge in [0.15, 0.2) is 11.6 Å². The molecule has 0 aliphatic rings. The summed E-state index contributed by atoms with van der Waals surface area (Å²) in [7, 11) is 0. The maximum atomic E-state index is 14.6. The Morgan fingerprint density at radius 1 is 1.10 bits per heavy atom. The van der Waals surface area contributed by atoms with E-state index in [9.17, 15) is 9.50 Å². The van der Waals surface area contributed by atoms with Crippen LogP contribution >= 0.6 is 0 Å². The van der Waals surface area contributed by atoms with E-state index in [1.54, 1.807) is 30.5 Å². The van der Waals surface area contributed by atoms with E-state index in [1.165, 1.54) is 24.9 Å². The zero-order chi connectivity index (χ0) is 21.6. The Morgan fingerprint density at radius 2 is 1.83 bits per heavy atom. The summed E-state index contributed by atoms with van der Waals surface area (Å²) in [5.74, 6) is 5.58. The number of aromatic nitrogens is 1. The van der Waals surface area contributed by atoms with Crippen LogP contribution in [0.5, 0.6) is 11.5 Å². The number of nitrogens with zero attached hydrogens (tertiary/aromatic N) is 2. The number of hydrogen-bond donors (Lipinski definition) is 3. The number of aliphatic hydroxyl groups is 1. The molecule has 30 heavy (non-hydrogen) atoms. The maximum absolute atomic E-state index is 14.6. The molecule has 0 bridgehead atoms. The van der Waals surface area contributed by atoms with Crippen molar-refractivity contribution >= 4 is 11.5 Å². The standard InChI is InChI=1S/C22H25FN4O3/c1-22(2,28)29-15-26-21-13-18(10-11-25-21)30-17-8-9-20(19(23)12-17)27(24)14-16-6-4-3-5-7-16/h3-13,28H,14-15,24H2,1-2H3,(H,25,26). The molecule has 0 aliphatic heterocycles. The van der Waals surface area contributed by atoms with Gasteiger partial charge in [-0.2, -0.15) is 0 Å². The molecule has 0 atom stereocenters. The van der Waals surface area contributed by atoms with Gasteiger partial charge in [-0.3, -0.25) is 0 Å². The number of nitrogens with two attached hydrogens (primary N) is 1. The van der Waals surface area contributed by atoms with Crippen LogP contribution in [0.4, 0.5) is 15.9 Å². The largest absolute Gasteiger partial charge is 0.457 e. The molecule has 3 aromatic rings. The number of nitrogens with one attached hydrogen (secondary N) is 1. The van der Waals surface area contributed by atoms with E-state index in [0.717, 1.165) is 5.56 Å². The molecule has 158 valence electrons. The first-order valence-electron chi connectivity index (χ1n) is 9.40. The van der Waals surface area contributed by atoms with Crippen molar-refractivity contribution in [3.05, 3.63) is 78.2 Å². The third-order valence-corrected chi connectivity index (χ3v) is 4.07. The number of anilines is 2. The molecule has 0 amide bonds. The summed E-state index contributed by atoms with van der Waals surface area (Å²) in [5.41, 5.74) is 1.25. The van der Waals surface area contributed by atoms with Gasteiger partial charge in [0.1, 0.15) is 24.0 Å². The number of pyridine rings is 1. The summed E-state index contributed by atoms with van der Waals surface area (Å²) >= 11 is 0. The second kappa shape index (κ2) is 9.53. The van der Waals surface area contributed by atoms with E-state index >= 15 is 0 Å². The SMILES string of the molecule is CC(C)(O)OCNc1cc(Oc2ccc(N(N)Cc3ccccc3)c(F)c2)ccn1. The molecule has 1 heterocycles. The van der Waals surface area contributed by atoms with Crippen LogP contribution in [0.15, 0.2) is 66.9 Å². The Bertz CT molecular complexity index is 964. The molecular weight excluding hydrogens is 387 g/mol. The van der Waals surface area contributed by atoms with Gasteiger partial charge in [-0.05, 0) is 37.6 Å². The average Bonchev–Trinajstić information content (AvgIpc) is 2.68. The number of hydrogen-bond acceptors (Lipinski definition) is 7. The van der Waals surface area contributed by atoms with Gasteiger partial charge in [-0.15, -0.1) is 0 Å². The van der Waals surface area contributed by atoms with Crippen LogP contribution in [-0.2, 0) is 11.3 Å². The van der Waals surface area contributed by atoms with Crippen LogP contribution in [-0.4, -0.2) is 22.6 Å². The van der Waals surface area contributed by atoms with Crippen molar-refractivity contribution in [2.24, 2.45) is 5.84 Å². The minimum Gasteiger partial charge on any atom is -0.457 e. The lowest BCUT2D eigenvalue weighted by Gasteiger charge is -2.20. The van der Waals surface area contributed by atoms with Crippen molar-refractivity contribution in [3.63, 3.8) is 0 Å². The summed E-state index contributed by atoms with van der Waals surface area (Å²) < 4.78 is 25.5. The highest BCUT2D eigenvalue weighted by atomic mass is 19.1. The quantitative estimate of drug-likeness (QED) is 0.278. The molecule has 0 aliphatic carbocycles. The smallest absolute Gasteiger partial charge is 0.162 e. The van der Waals surface area contributed by atoms with Crippen LogP contribution < -0.4 is 20.9 Å². The van der Waals surface area contributed by atoms with Crippen LogP contribution in [0.1, 0.15) is 19.4 Å². The third-order valence-electron chi connectivity index (χ3n) is 4.07. The lowest BCUT2D eigenvalue weighted by Crippen LogP contribution is -2.30. The molecule has 7 nitrogen and oxygen atoms in total. The van der Waals surface area contributed by atoms with E-state index in [0.29, 0.717) is 23.9 Å².